The first kappa shape index (κ1) is 11.0. The molecule has 1 heteroatoms. The molecule has 0 aliphatic carbocycles. The Bertz CT molecular complexity index is 423. The standard InChI is InChI=1S/C15H19N/c1-4-14-5-7-15(8-6-14)16-10-9-12(2)11-13(16)3/h5-9,11H,4,10H2,1-3H3. The maximum atomic E-state index is 2.34. The fourth-order valence-corrected chi connectivity index (χ4v) is 2.07. The SMILES string of the molecule is CCc1ccc(N2CC=C(C)C=C2C)cc1. The number of allylic oxidation sites excluding steroid dienone is 3. The lowest BCUT2D eigenvalue weighted by Gasteiger charge is -2.27. The van der Waals surface area contributed by atoms with Gasteiger partial charge in [0.25, 0.3) is 0 Å². The minimum atomic E-state index is 0.986. The lowest BCUT2D eigenvalue weighted by molar-refractivity contribution is 0.975. The smallest absolute Gasteiger partial charge is 0.0414 e. The molecule has 1 aliphatic rings. The molecule has 0 atom stereocenters. The summed E-state index contributed by atoms with van der Waals surface area (Å²) in [6, 6.07) is 8.86. The Morgan fingerprint density at radius 3 is 2.38 bits per heavy atom. The lowest BCUT2D eigenvalue weighted by atomic mass is 10.1. The molecule has 0 amide bonds. The van der Waals surface area contributed by atoms with Crippen LogP contribution in [-0.4, -0.2) is 6.54 Å². The third kappa shape index (κ3) is 2.19. The van der Waals surface area contributed by atoms with Gasteiger partial charge in [0, 0.05) is 17.9 Å². The zero-order valence-electron chi connectivity index (χ0n) is 10.3. The summed E-state index contributed by atoms with van der Waals surface area (Å²) < 4.78 is 0. The summed E-state index contributed by atoms with van der Waals surface area (Å²) in [7, 11) is 0. The summed E-state index contributed by atoms with van der Waals surface area (Å²) >= 11 is 0. The molecule has 1 aromatic rings. The third-order valence-electron chi connectivity index (χ3n) is 3.11. The molecule has 0 aromatic heterocycles. The molecule has 84 valence electrons. The first-order valence-corrected chi connectivity index (χ1v) is 5.92. The van der Waals surface area contributed by atoms with Gasteiger partial charge in [-0.25, -0.2) is 0 Å². The molecular formula is C15H19N. The number of hydrogen-bond donors (Lipinski definition) is 0. The second-order valence-electron chi connectivity index (χ2n) is 4.36. The molecule has 1 nitrogen and oxygen atoms in total. The number of rotatable bonds is 2. The molecule has 16 heavy (non-hydrogen) atoms. The fourth-order valence-electron chi connectivity index (χ4n) is 2.07. The van der Waals surface area contributed by atoms with Gasteiger partial charge in [0.15, 0.2) is 0 Å². The Morgan fingerprint density at radius 1 is 1.12 bits per heavy atom. The van der Waals surface area contributed by atoms with Gasteiger partial charge >= 0.3 is 0 Å². The summed E-state index contributed by atoms with van der Waals surface area (Å²) in [5, 5.41) is 0. The van der Waals surface area contributed by atoms with E-state index in [2.05, 4.69) is 62.1 Å². The summed E-state index contributed by atoms with van der Waals surface area (Å²) in [4.78, 5) is 2.34. The molecule has 0 saturated heterocycles. The van der Waals surface area contributed by atoms with Crippen LogP contribution in [0.25, 0.3) is 0 Å². The Morgan fingerprint density at radius 2 is 1.81 bits per heavy atom. The quantitative estimate of drug-likeness (QED) is 0.719. The highest BCUT2D eigenvalue weighted by molar-refractivity contribution is 5.55. The van der Waals surface area contributed by atoms with Crippen molar-refractivity contribution in [1.82, 2.24) is 0 Å². The van der Waals surface area contributed by atoms with Crippen LogP contribution in [0.4, 0.5) is 5.69 Å². The van der Waals surface area contributed by atoms with Crippen molar-refractivity contribution in [2.24, 2.45) is 0 Å². The second-order valence-corrected chi connectivity index (χ2v) is 4.36. The van der Waals surface area contributed by atoms with Crippen molar-refractivity contribution in [3.05, 3.63) is 53.3 Å². The Hall–Kier alpha value is -1.50. The van der Waals surface area contributed by atoms with Crippen LogP contribution in [0.3, 0.4) is 0 Å². The van der Waals surface area contributed by atoms with E-state index in [1.165, 1.54) is 22.5 Å². The molecule has 0 spiro atoms. The average molecular weight is 213 g/mol. The van der Waals surface area contributed by atoms with Gasteiger partial charge < -0.3 is 4.90 Å². The van der Waals surface area contributed by atoms with Gasteiger partial charge in [-0.1, -0.05) is 30.7 Å². The van der Waals surface area contributed by atoms with Crippen LogP contribution in [-0.2, 0) is 6.42 Å². The molecule has 1 heterocycles. The number of hydrogen-bond acceptors (Lipinski definition) is 1. The Kier molecular flexibility index (Phi) is 3.14. The highest BCUT2D eigenvalue weighted by atomic mass is 15.1. The van der Waals surface area contributed by atoms with E-state index < -0.39 is 0 Å². The highest BCUT2D eigenvalue weighted by Gasteiger charge is 2.10. The van der Waals surface area contributed by atoms with Crippen molar-refractivity contribution >= 4 is 5.69 Å². The average Bonchev–Trinajstić information content (AvgIpc) is 2.29. The monoisotopic (exact) mass is 213 g/mol. The minimum Gasteiger partial charge on any atom is -0.342 e. The van der Waals surface area contributed by atoms with Crippen LogP contribution in [0.2, 0.25) is 0 Å². The summed E-state index contributed by atoms with van der Waals surface area (Å²) in [6.45, 7) is 7.50. The van der Waals surface area contributed by atoms with Crippen molar-refractivity contribution < 1.29 is 0 Å². The van der Waals surface area contributed by atoms with Crippen molar-refractivity contribution in [2.75, 3.05) is 11.4 Å². The summed E-state index contributed by atoms with van der Waals surface area (Å²) in [5.74, 6) is 0. The second kappa shape index (κ2) is 4.56. The summed E-state index contributed by atoms with van der Waals surface area (Å²) in [6.07, 6.45) is 5.60. The Balaban J connectivity index is 2.22. The number of nitrogens with zero attached hydrogens (tertiary/aromatic N) is 1. The first-order chi connectivity index (χ1) is 7.70. The molecule has 0 radical (unpaired) electrons. The van der Waals surface area contributed by atoms with E-state index in [0.717, 1.165) is 13.0 Å². The third-order valence-corrected chi connectivity index (χ3v) is 3.11. The zero-order chi connectivity index (χ0) is 11.5. The maximum Gasteiger partial charge on any atom is 0.0414 e. The van der Waals surface area contributed by atoms with E-state index in [4.69, 9.17) is 0 Å². The van der Waals surface area contributed by atoms with E-state index >= 15 is 0 Å². The molecule has 1 aliphatic heterocycles. The van der Waals surface area contributed by atoms with Crippen LogP contribution in [0, 0.1) is 0 Å². The van der Waals surface area contributed by atoms with Gasteiger partial charge in [0.05, 0.1) is 0 Å². The molecule has 0 bridgehead atoms. The topological polar surface area (TPSA) is 3.24 Å². The summed E-state index contributed by atoms with van der Waals surface area (Å²) in [5.41, 5.74) is 5.37. The van der Waals surface area contributed by atoms with E-state index in [1.807, 2.05) is 0 Å². The molecule has 0 saturated carbocycles. The number of benzene rings is 1. The van der Waals surface area contributed by atoms with E-state index in [1.54, 1.807) is 0 Å². The first-order valence-electron chi connectivity index (χ1n) is 5.92. The van der Waals surface area contributed by atoms with Crippen LogP contribution in [0.15, 0.2) is 47.7 Å². The van der Waals surface area contributed by atoms with Crippen LogP contribution < -0.4 is 4.90 Å². The highest BCUT2D eigenvalue weighted by Crippen LogP contribution is 2.23. The molecule has 0 fully saturated rings. The minimum absolute atomic E-state index is 0.986. The van der Waals surface area contributed by atoms with E-state index in [0.29, 0.717) is 0 Å². The predicted octanol–water partition coefficient (Wildman–Crippen LogP) is 3.92. The van der Waals surface area contributed by atoms with Crippen molar-refractivity contribution in [3.8, 4) is 0 Å². The molecule has 2 rings (SSSR count). The van der Waals surface area contributed by atoms with Crippen LogP contribution in [0.5, 0.6) is 0 Å². The van der Waals surface area contributed by atoms with Gasteiger partial charge in [0.1, 0.15) is 0 Å². The number of aryl methyl sites for hydroxylation is 1. The van der Waals surface area contributed by atoms with Gasteiger partial charge in [0.2, 0.25) is 0 Å². The van der Waals surface area contributed by atoms with Crippen LogP contribution >= 0.6 is 0 Å². The molecule has 1 aromatic carbocycles. The zero-order valence-corrected chi connectivity index (χ0v) is 10.3. The maximum absolute atomic E-state index is 2.34. The van der Waals surface area contributed by atoms with Gasteiger partial charge in [-0.05, 0) is 44.0 Å². The molecular weight excluding hydrogens is 194 g/mol. The van der Waals surface area contributed by atoms with Gasteiger partial charge in [-0.15, -0.1) is 0 Å². The van der Waals surface area contributed by atoms with E-state index in [-0.39, 0.29) is 0 Å². The van der Waals surface area contributed by atoms with Crippen molar-refractivity contribution in [3.63, 3.8) is 0 Å². The van der Waals surface area contributed by atoms with Gasteiger partial charge in [-0.3, -0.25) is 0 Å². The molecule has 0 unspecified atom stereocenters. The van der Waals surface area contributed by atoms with E-state index in [9.17, 15) is 0 Å². The Labute approximate surface area is 98.1 Å². The van der Waals surface area contributed by atoms with Crippen molar-refractivity contribution in [2.45, 2.75) is 27.2 Å². The number of anilines is 1. The van der Waals surface area contributed by atoms with Crippen molar-refractivity contribution in [1.29, 1.82) is 0 Å². The largest absolute Gasteiger partial charge is 0.342 e. The molecule has 0 N–H and O–H groups in total. The fraction of sp³-hybridized carbons (Fsp3) is 0.333. The normalized spacial score (nSPS) is 15.8. The van der Waals surface area contributed by atoms with Crippen LogP contribution in [0.1, 0.15) is 26.3 Å². The van der Waals surface area contributed by atoms with Gasteiger partial charge in [-0.2, -0.15) is 0 Å². The predicted molar refractivity (Wildman–Crippen MR) is 70.7 cm³/mol. The lowest BCUT2D eigenvalue weighted by Crippen LogP contribution is -2.23.